The van der Waals surface area contributed by atoms with E-state index < -0.39 is 48.6 Å². The maximum atomic E-state index is 12.8. The highest BCUT2D eigenvalue weighted by Gasteiger charge is 2.49. The zero-order valence-electron chi connectivity index (χ0n) is 11.6. The monoisotopic (exact) mass is 295 g/mol. The van der Waals surface area contributed by atoms with Crippen LogP contribution in [0, 0.1) is 0 Å². The number of rotatable bonds is 2. The molecule has 1 amide bonds. The number of carbonyl (C=O) groups is 2. The minimum Gasteiger partial charge on any atom is -0.480 e. The fraction of sp³-hybridized carbons (Fsp3) is 0.833. The van der Waals surface area contributed by atoms with Gasteiger partial charge in [0.1, 0.15) is 17.2 Å². The van der Waals surface area contributed by atoms with Crippen molar-refractivity contribution in [3.8, 4) is 0 Å². The number of hydrogen-bond donors (Lipinski definition) is 2. The summed E-state index contributed by atoms with van der Waals surface area (Å²) < 4.78 is 30.6. The number of carbonyl (C=O) groups excluding carboxylic acids is 1. The van der Waals surface area contributed by atoms with Gasteiger partial charge in [-0.1, -0.05) is 0 Å². The molecule has 116 valence electrons. The standard InChI is InChI=1S/C12H19F2NO5/c1-11(2,3)20-10(18)15-5-4-12(19,9(13)14)6-7(15)8(16)17/h7,9,19H,4-6H2,1-3H3,(H,16,17)/t7-,12+/m1/s1. The van der Waals surface area contributed by atoms with Crippen molar-refractivity contribution in [1.29, 1.82) is 0 Å². The van der Waals surface area contributed by atoms with Crippen LogP contribution in [0.2, 0.25) is 0 Å². The maximum absolute atomic E-state index is 12.8. The van der Waals surface area contributed by atoms with Gasteiger partial charge in [0.15, 0.2) is 0 Å². The van der Waals surface area contributed by atoms with Crippen molar-refractivity contribution in [2.45, 2.75) is 57.3 Å². The third-order valence-electron chi connectivity index (χ3n) is 3.03. The summed E-state index contributed by atoms with van der Waals surface area (Å²) in [5, 5.41) is 18.8. The Morgan fingerprint density at radius 2 is 1.95 bits per heavy atom. The molecule has 0 saturated carbocycles. The fourth-order valence-corrected chi connectivity index (χ4v) is 1.97. The van der Waals surface area contributed by atoms with Gasteiger partial charge in [-0.15, -0.1) is 0 Å². The number of likely N-dealkylation sites (tertiary alicyclic amines) is 1. The molecule has 0 aromatic carbocycles. The van der Waals surface area contributed by atoms with Crippen LogP contribution < -0.4 is 0 Å². The molecule has 20 heavy (non-hydrogen) atoms. The van der Waals surface area contributed by atoms with Crippen LogP contribution in [0.3, 0.4) is 0 Å². The first kappa shape index (κ1) is 16.6. The molecule has 0 aliphatic carbocycles. The predicted octanol–water partition coefficient (Wildman–Crippen LogP) is 1.47. The highest BCUT2D eigenvalue weighted by Crippen LogP contribution is 2.33. The van der Waals surface area contributed by atoms with Gasteiger partial charge in [0.25, 0.3) is 6.43 Å². The summed E-state index contributed by atoms with van der Waals surface area (Å²) in [6.45, 7) is 4.53. The molecule has 0 aromatic rings. The van der Waals surface area contributed by atoms with E-state index in [1.807, 2.05) is 0 Å². The molecule has 8 heteroatoms. The number of aliphatic hydroxyl groups is 1. The number of carboxylic acid groups (broad SMARTS) is 1. The van der Waals surface area contributed by atoms with Crippen LogP contribution in [-0.4, -0.2) is 57.4 Å². The van der Waals surface area contributed by atoms with Gasteiger partial charge in [-0.25, -0.2) is 18.4 Å². The van der Waals surface area contributed by atoms with E-state index in [-0.39, 0.29) is 6.54 Å². The minimum atomic E-state index is -3.06. The molecule has 0 bridgehead atoms. The number of halogens is 2. The Morgan fingerprint density at radius 1 is 1.40 bits per heavy atom. The second kappa shape index (κ2) is 5.51. The molecule has 1 rings (SSSR count). The number of nitrogens with zero attached hydrogens (tertiary/aromatic N) is 1. The molecule has 1 heterocycles. The molecule has 2 N–H and O–H groups in total. The lowest BCUT2D eigenvalue weighted by Crippen LogP contribution is -2.58. The molecule has 2 atom stereocenters. The highest BCUT2D eigenvalue weighted by atomic mass is 19.3. The Bertz CT molecular complexity index is 396. The number of aliphatic carboxylic acids is 1. The van der Waals surface area contributed by atoms with Crippen LogP contribution >= 0.6 is 0 Å². The van der Waals surface area contributed by atoms with Crippen LogP contribution in [0.1, 0.15) is 33.6 Å². The molecule has 1 fully saturated rings. The summed E-state index contributed by atoms with van der Waals surface area (Å²) in [5.41, 5.74) is -3.21. The topological polar surface area (TPSA) is 87.1 Å². The number of carboxylic acids is 1. The van der Waals surface area contributed by atoms with Crippen LogP contribution in [-0.2, 0) is 9.53 Å². The minimum absolute atomic E-state index is 0.299. The van der Waals surface area contributed by atoms with Gasteiger partial charge in [0, 0.05) is 13.0 Å². The summed E-state index contributed by atoms with van der Waals surface area (Å²) in [5.74, 6) is -1.45. The normalized spacial score (nSPS) is 27.6. The Labute approximate surface area is 115 Å². The third-order valence-corrected chi connectivity index (χ3v) is 3.03. The van der Waals surface area contributed by atoms with E-state index in [1.165, 1.54) is 0 Å². The van der Waals surface area contributed by atoms with Crippen molar-refractivity contribution in [2.24, 2.45) is 0 Å². The summed E-state index contributed by atoms with van der Waals surface area (Å²) >= 11 is 0. The van der Waals surface area contributed by atoms with Gasteiger partial charge >= 0.3 is 12.1 Å². The molecule has 0 unspecified atom stereocenters. The molecule has 0 radical (unpaired) electrons. The fourth-order valence-electron chi connectivity index (χ4n) is 1.97. The summed E-state index contributed by atoms with van der Waals surface area (Å²) in [4.78, 5) is 23.9. The molecular formula is C12H19F2NO5. The highest BCUT2D eigenvalue weighted by molar-refractivity contribution is 5.80. The average Bonchev–Trinajstić information content (AvgIpc) is 2.26. The van der Waals surface area contributed by atoms with E-state index in [0.717, 1.165) is 4.90 Å². The van der Waals surface area contributed by atoms with E-state index in [0.29, 0.717) is 0 Å². The van der Waals surface area contributed by atoms with Gasteiger partial charge in [-0.2, -0.15) is 0 Å². The number of amides is 1. The first-order valence-electron chi connectivity index (χ1n) is 6.19. The van der Waals surface area contributed by atoms with Gasteiger partial charge in [0.05, 0.1) is 0 Å². The zero-order valence-corrected chi connectivity index (χ0v) is 11.6. The summed E-state index contributed by atoms with van der Waals surface area (Å²) in [6.07, 6.45) is -5.07. The van der Waals surface area contributed by atoms with Gasteiger partial charge < -0.3 is 14.9 Å². The molecule has 1 aliphatic rings. The second-order valence-corrected chi connectivity index (χ2v) is 5.89. The van der Waals surface area contributed by atoms with Crippen molar-refractivity contribution in [2.75, 3.05) is 6.54 Å². The van der Waals surface area contributed by atoms with Crippen LogP contribution in [0.5, 0.6) is 0 Å². The van der Waals surface area contributed by atoms with Gasteiger partial charge in [-0.05, 0) is 27.2 Å². The third kappa shape index (κ3) is 3.78. The van der Waals surface area contributed by atoms with Crippen LogP contribution in [0.25, 0.3) is 0 Å². The molecule has 0 aromatic heterocycles. The number of alkyl halides is 2. The van der Waals surface area contributed by atoms with E-state index in [2.05, 4.69) is 0 Å². The Kier molecular flexibility index (Phi) is 4.58. The first-order valence-corrected chi connectivity index (χ1v) is 6.19. The van der Waals surface area contributed by atoms with Crippen molar-refractivity contribution in [1.82, 2.24) is 4.90 Å². The predicted molar refractivity (Wildman–Crippen MR) is 64.6 cm³/mol. The summed E-state index contributed by atoms with van der Waals surface area (Å²) in [6, 6.07) is -1.53. The second-order valence-electron chi connectivity index (χ2n) is 5.89. The van der Waals surface area contributed by atoms with Crippen molar-refractivity contribution in [3.63, 3.8) is 0 Å². The first-order chi connectivity index (χ1) is 8.96. The van der Waals surface area contributed by atoms with Crippen LogP contribution in [0.15, 0.2) is 0 Å². The average molecular weight is 295 g/mol. The molecule has 1 saturated heterocycles. The number of hydrogen-bond acceptors (Lipinski definition) is 4. The maximum Gasteiger partial charge on any atom is 0.411 e. The number of ether oxygens (including phenoxy) is 1. The van der Waals surface area contributed by atoms with Gasteiger partial charge in [0.2, 0.25) is 0 Å². The lowest BCUT2D eigenvalue weighted by molar-refractivity contribution is -0.163. The molecule has 6 nitrogen and oxygen atoms in total. The largest absolute Gasteiger partial charge is 0.480 e. The van der Waals surface area contributed by atoms with Crippen molar-refractivity contribution < 1.29 is 33.3 Å². The smallest absolute Gasteiger partial charge is 0.411 e. The Morgan fingerprint density at radius 3 is 2.35 bits per heavy atom. The zero-order chi connectivity index (χ0) is 15.7. The Balaban J connectivity index is 2.89. The van der Waals surface area contributed by atoms with Crippen LogP contribution in [0.4, 0.5) is 13.6 Å². The van der Waals surface area contributed by atoms with Gasteiger partial charge in [-0.3, -0.25) is 4.90 Å². The van der Waals surface area contributed by atoms with Crippen molar-refractivity contribution >= 4 is 12.1 Å². The molecular weight excluding hydrogens is 276 g/mol. The van der Waals surface area contributed by atoms with E-state index >= 15 is 0 Å². The lowest BCUT2D eigenvalue weighted by Gasteiger charge is -2.41. The van der Waals surface area contributed by atoms with Crippen molar-refractivity contribution in [3.05, 3.63) is 0 Å². The molecule has 1 aliphatic heterocycles. The quantitative estimate of drug-likeness (QED) is 0.805. The molecule has 0 spiro atoms. The van der Waals surface area contributed by atoms with E-state index in [4.69, 9.17) is 9.84 Å². The van der Waals surface area contributed by atoms with E-state index in [9.17, 15) is 23.5 Å². The summed E-state index contributed by atoms with van der Waals surface area (Å²) in [7, 11) is 0. The SMILES string of the molecule is CC(C)(C)OC(=O)N1CC[C@@](O)(C(F)F)C[C@@H]1C(=O)O. The lowest BCUT2D eigenvalue weighted by atomic mass is 9.87. The Hall–Kier alpha value is -1.44. The van der Waals surface area contributed by atoms with E-state index in [1.54, 1.807) is 20.8 Å². The number of piperidine rings is 1.